The van der Waals surface area contributed by atoms with Crippen molar-refractivity contribution in [3.63, 3.8) is 0 Å². The van der Waals surface area contributed by atoms with Gasteiger partial charge in [-0.25, -0.2) is 4.79 Å². The molecule has 7 N–H and O–H groups in total. The second-order valence-corrected chi connectivity index (χ2v) is 0.283. The van der Waals surface area contributed by atoms with Crippen LogP contribution in [-0.4, -0.2) is 44.9 Å². The van der Waals surface area contributed by atoms with Crippen molar-refractivity contribution in [2.24, 2.45) is 0 Å². The molecule has 0 saturated heterocycles. The van der Waals surface area contributed by atoms with E-state index in [0.29, 0.717) is 0 Å². The van der Waals surface area contributed by atoms with Gasteiger partial charge < -0.3 is 24.7 Å². The van der Waals surface area contributed by atoms with E-state index in [-0.39, 0.29) is 37.5 Å². The molecule has 0 bridgehead atoms. The van der Waals surface area contributed by atoms with E-state index >= 15 is 0 Å². The fraction of sp³-hybridized carbons (Fsp3) is 0. The molecule has 0 aliphatic carbocycles. The second-order valence-electron chi connectivity index (χ2n) is 0.283. The maximum absolute atomic E-state index is 8.56. The average molecular weight is 123 g/mol. The smallest absolute Gasteiger partial charge is 1.00 e. The van der Waals surface area contributed by atoms with Gasteiger partial charge in [0, 0.05) is 0 Å². The molecule has 44 valence electrons. The Hall–Kier alpha value is -0.0438. The first-order chi connectivity index (χ1) is 1.73. The summed E-state index contributed by atoms with van der Waals surface area (Å²) in [6, 6.07) is 0. The zero-order valence-corrected chi connectivity index (χ0v) is 5.13. The van der Waals surface area contributed by atoms with E-state index in [4.69, 9.17) is 15.0 Å². The van der Waals surface area contributed by atoms with E-state index in [9.17, 15) is 0 Å². The van der Waals surface area contributed by atoms with Crippen molar-refractivity contribution < 1.29 is 23.3 Å². The Morgan fingerprint density at radius 3 is 1.43 bits per heavy atom. The summed E-state index contributed by atoms with van der Waals surface area (Å²) < 4.78 is 0. The number of hydrogen-bond donors (Lipinski definition) is 3. The Morgan fingerprint density at radius 1 is 1.43 bits per heavy atom. The van der Waals surface area contributed by atoms with Crippen molar-refractivity contribution in [3.05, 3.63) is 0 Å². The van der Waals surface area contributed by atoms with Gasteiger partial charge in [0.25, 0.3) is 0 Å². The maximum Gasteiger partial charge on any atom is 2.00 e. The van der Waals surface area contributed by atoms with Gasteiger partial charge >= 0.3 is 29.2 Å². The van der Waals surface area contributed by atoms with E-state index in [1.807, 2.05) is 0 Å². The van der Waals surface area contributed by atoms with Crippen molar-refractivity contribution in [1.29, 1.82) is 0 Å². The van der Waals surface area contributed by atoms with Crippen LogP contribution in [0, 0.1) is 0 Å². The molecule has 0 fully saturated rings. The van der Waals surface area contributed by atoms with E-state index in [2.05, 4.69) is 0 Å². The van der Waals surface area contributed by atoms with E-state index < -0.39 is 6.16 Å². The summed E-state index contributed by atoms with van der Waals surface area (Å²) in [4.78, 5) is 8.56. The monoisotopic (exact) mass is 123 g/mol. The summed E-state index contributed by atoms with van der Waals surface area (Å²) in [6.07, 6.45) is -1.83. The third-order valence-corrected chi connectivity index (χ3v) is 0. The Morgan fingerprint density at radius 2 is 1.43 bits per heavy atom. The SMILES string of the molecule is N.O.O=C(O)O.[H-].[H-].[Mg+2]. The van der Waals surface area contributed by atoms with Crippen LogP contribution in [0.25, 0.3) is 0 Å². The molecule has 5 nitrogen and oxygen atoms in total. The van der Waals surface area contributed by atoms with Crippen LogP contribution in [0.1, 0.15) is 2.85 Å². The molecule has 6 heteroatoms. The molecule has 0 aliphatic heterocycles. The summed E-state index contributed by atoms with van der Waals surface area (Å²) >= 11 is 0. The molecule has 0 aromatic carbocycles. The van der Waals surface area contributed by atoms with Gasteiger partial charge in [-0.15, -0.1) is 0 Å². The molecule has 0 radical (unpaired) electrons. The summed E-state index contributed by atoms with van der Waals surface area (Å²) in [7, 11) is 0. The average Bonchev–Trinajstić information content (AvgIpc) is 0.811. The summed E-state index contributed by atoms with van der Waals surface area (Å²) in [5, 5.41) is 13.9. The topological polar surface area (TPSA) is 124 Å². The Kier molecular flexibility index (Phi) is 67.5. The fourth-order valence-electron chi connectivity index (χ4n) is 0. The van der Waals surface area contributed by atoms with Gasteiger partial charge in [0.15, 0.2) is 0 Å². The number of rotatable bonds is 0. The summed E-state index contributed by atoms with van der Waals surface area (Å²) in [5.41, 5.74) is 0. The van der Waals surface area contributed by atoms with Crippen LogP contribution in [0.3, 0.4) is 0 Å². The first-order valence-electron chi connectivity index (χ1n) is 0.651. The molecule has 7 heavy (non-hydrogen) atoms. The quantitative estimate of drug-likeness (QED) is 0.372. The minimum atomic E-state index is -1.83. The van der Waals surface area contributed by atoms with Gasteiger partial charge in [0.1, 0.15) is 0 Å². The predicted molar refractivity (Wildman–Crippen MR) is 27.3 cm³/mol. The molecule has 0 heterocycles. The van der Waals surface area contributed by atoms with Crippen molar-refractivity contribution in [2.75, 3.05) is 0 Å². The minimum absolute atomic E-state index is 0. The van der Waals surface area contributed by atoms with Crippen LogP contribution < -0.4 is 6.15 Å². The molecule has 0 atom stereocenters. The van der Waals surface area contributed by atoms with Gasteiger partial charge in [-0.3, -0.25) is 0 Å². The van der Waals surface area contributed by atoms with E-state index in [1.165, 1.54) is 0 Å². The summed E-state index contributed by atoms with van der Waals surface area (Å²) in [5.74, 6) is 0. The molecule has 0 aromatic heterocycles. The maximum atomic E-state index is 8.56. The van der Waals surface area contributed by atoms with Crippen molar-refractivity contribution in [3.8, 4) is 0 Å². The zero-order chi connectivity index (χ0) is 3.58. The molecule has 0 amide bonds. The first kappa shape index (κ1) is 28.2. The largest absolute Gasteiger partial charge is 2.00 e. The van der Waals surface area contributed by atoms with Crippen LogP contribution >= 0.6 is 0 Å². The van der Waals surface area contributed by atoms with Gasteiger partial charge in [-0.2, -0.15) is 0 Å². The number of carboxylic acid groups (broad SMARTS) is 2. The second kappa shape index (κ2) is 16.7. The number of carbonyl (C=O) groups is 1. The fourth-order valence-corrected chi connectivity index (χ4v) is 0. The van der Waals surface area contributed by atoms with Crippen LogP contribution in [0.2, 0.25) is 0 Å². The minimum Gasteiger partial charge on any atom is -1.00 e. The zero-order valence-electron chi connectivity index (χ0n) is 5.72. The van der Waals surface area contributed by atoms with E-state index in [1.54, 1.807) is 0 Å². The Bertz CT molecular complexity index is 41.5. The first-order valence-corrected chi connectivity index (χ1v) is 0.651. The molecular weight excluding hydrogens is 114 g/mol. The van der Waals surface area contributed by atoms with Crippen LogP contribution in [0.5, 0.6) is 0 Å². The molecule has 0 aromatic rings. The van der Waals surface area contributed by atoms with Gasteiger partial charge in [-0.1, -0.05) is 0 Å². The van der Waals surface area contributed by atoms with Crippen LogP contribution in [0.4, 0.5) is 4.79 Å². The predicted octanol–water partition coefficient (Wildman–Crippen LogP) is -0.596. The standard InChI is InChI=1S/CH2O3.Mg.H3N.H2O.2H/c2-1(3)4;;;;;/h(H2,2,3,4);;1H3;1H2;;/q;+2;;;2*-1. The third-order valence-electron chi connectivity index (χ3n) is 0. The van der Waals surface area contributed by atoms with Gasteiger partial charge in [0.05, 0.1) is 0 Å². The van der Waals surface area contributed by atoms with Crippen LogP contribution in [0.15, 0.2) is 0 Å². The molecule has 0 unspecified atom stereocenters. The molecular formula is CH9MgNO4. The Balaban J connectivity index is -0.00000000450. The van der Waals surface area contributed by atoms with Crippen molar-refractivity contribution >= 4 is 29.2 Å². The molecule has 0 spiro atoms. The number of hydrogen-bond acceptors (Lipinski definition) is 2. The van der Waals surface area contributed by atoms with Crippen LogP contribution in [-0.2, 0) is 0 Å². The van der Waals surface area contributed by atoms with Gasteiger partial charge in [0.2, 0.25) is 0 Å². The molecule has 0 rings (SSSR count). The van der Waals surface area contributed by atoms with Crippen molar-refractivity contribution in [2.45, 2.75) is 0 Å². The van der Waals surface area contributed by atoms with Gasteiger partial charge in [-0.05, 0) is 0 Å². The third kappa shape index (κ3) is 48700. The normalized spacial score (nSPS) is 3.43. The molecule has 0 aliphatic rings. The van der Waals surface area contributed by atoms with Crippen molar-refractivity contribution in [1.82, 2.24) is 6.15 Å². The molecule has 0 saturated carbocycles. The van der Waals surface area contributed by atoms with E-state index in [0.717, 1.165) is 0 Å². The summed E-state index contributed by atoms with van der Waals surface area (Å²) in [6.45, 7) is 0. The Labute approximate surface area is 59.3 Å².